The number of aromatic nitrogens is 2. The van der Waals surface area contributed by atoms with E-state index in [-0.39, 0.29) is 17.1 Å². The number of carboxylic acids is 1. The number of halogens is 1. The summed E-state index contributed by atoms with van der Waals surface area (Å²) in [5.41, 5.74) is 0.667. The monoisotopic (exact) mass is 393 g/mol. The molecule has 0 saturated carbocycles. The van der Waals surface area contributed by atoms with Gasteiger partial charge in [-0.25, -0.2) is 17.7 Å². The van der Waals surface area contributed by atoms with Crippen molar-refractivity contribution in [2.24, 2.45) is 0 Å². The minimum Gasteiger partial charge on any atom is -0.478 e. The van der Waals surface area contributed by atoms with E-state index in [2.05, 4.69) is 8.75 Å². The zero-order chi connectivity index (χ0) is 18.7. The summed E-state index contributed by atoms with van der Waals surface area (Å²) in [4.78, 5) is 11.4. The summed E-state index contributed by atoms with van der Waals surface area (Å²) in [7, 11) is 0. The Morgan fingerprint density at radius 1 is 1.19 bits per heavy atom. The standard InChI is InChI=1S/C16H12FN3O4S2/c17-11-6-7-12(16(21)22)14(9-11)20(26(23)24)15-13(18-25-19-15)8-10-4-2-1-3-5-10/h1-7,9H,8H2,(H,21,22)(H,23,24). The van der Waals surface area contributed by atoms with Crippen LogP contribution >= 0.6 is 11.7 Å². The van der Waals surface area contributed by atoms with Crippen LogP contribution in [0.1, 0.15) is 21.6 Å². The zero-order valence-corrected chi connectivity index (χ0v) is 14.7. The molecule has 2 N–H and O–H groups in total. The third-order valence-electron chi connectivity index (χ3n) is 3.51. The van der Waals surface area contributed by atoms with Gasteiger partial charge in [0.15, 0.2) is 5.82 Å². The van der Waals surface area contributed by atoms with Crippen molar-refractivity contribution >= 4 is 40.5 Å². The zero-order valence-electron chi connectivity index (χ0n) is 13.1. The Morgan fingerprint density at radius 3 is 2.58 bits per heavy atom. The van der Waals surface area contributed by atoms with Gasteiger partial charge < -0.3 is 5.11 Å². The fraction of sp³-hybridized carbons (Fsp3) is 0.0625. The second-order valence-electron chi connectivity index (χ2n) is 5.19. The molecule has 0 bridgehead atoms. The molecule has 1 atom stereocenters. The topological polar surface area (TPSA) is 104 Å². The summed E-state index contributed by atoms with van der Waals surface area (Å²) in [6, 6.07) is 12.1. The van der Waals surface area contributed by atoms with E-state index in [4.69, 9.17) is 0 Å². The first-order valence-corrected chi connectivity index (χ1v) is 9.06. The first-order valence-electron chi connectivity index (χ1n) is 7.26. The number of nitrogens with zero attached hydrogens (tertiary/aromatic N) is 3. The number of benzene rings is 2. The molecule has 1 aromatic heterocycles. The van der Waals surface area contributed by atoms with Gasteiger partial charge in [-0.05, 0) is 23.8 Å². The Hall–Kier alpha value is -2.69. The van der Waals surface area contributed by atoms with Crippen LogP contribution in [0.25, 0.3) is 0 Å². The largest absolute Gasteiger partial charge is 0.478 e. The maximum atomic E-state index is 13.7. The lowest BCUT2D eigenvalue weighted by atomic mass is 10.1. The van der Waals surface area contributed by atoms with Crippen molar-refractivity contribution in [3.05, 3.63) is 71.2 Å². The van der Waals surface area contributed by atoms with Crippen molar-refractivity contribution in [3.63, 3.8) is 0 Å². The lowest BCUT2D eigenvalue weighted by Crippen LogP contribution is -2.23. The van der Waals surface area contributed by atoms with Gasteiger partial charge in [0.2, 0.25) is 0 Å². The first-order chi connectivity index (χ1) is 12.5. The first kappa shape index (κ1) is 18.1. The Bertz CT molecular complexity index is 965. The second-order valence-corrected chi connectivity index (χ2v) is 6.54. The molecule has 0 saturated heterocycles. The van der Waals surface area contributed by atoms with Crippen molar-refractivity contribution < 1.29 is 23.1 Å². The van der Waals surface area contributed by atoms with E-state index in [9.17, 15) is 23.1 Å². The summed E-state index contributed by atoms with van der Waals surface area (Å²) in [6.45, 7) is 0. The molecule has 0 fully saturated rings. The molecule has 3 aromatic rings. The van der Waals surface area contributed by atoms with Crippen molar-refractivity contribution in [2.45, 2.75) is 6.42 Å². The SMILES string of the molecule is O=C(O)c1ccc(F)cc1N(c1nsnc1Cc1ccccc1)S(=O)O. The molecular weight excluding hydrogens is 381 g/mol. The minimum absolute atomic E-state index is 0.00721. The molecule has 0 aliphatic carbocycles. The van der Waals surface area contributed by atoms with E-state index in [0.29, 0.717) is 12.1 Å². The maximum absolute atomic E-state index is 13.7. The highest BCUT2D eigenvalue weighted by Gasteiger charge is 2.27. The molecule has 3 rings (SSSR count). The number of carboxylic acid groups (broad SMARTS) is 1. The molecule has 1 unspecified atom stereocenters. The summed E-state index contributed by atoms with van der Waals surface area (Å²) in [5.74, 6) is -2.09. The number of hydrogen-bond donors (Lipinski definition) is 2. The van der Waals surface area contributed by atoms with Crippen molar-refractivity contribution in [1.82, 2.24) is 8.75 Å². The average molecular weight is 393 g/mol. The molecule has 0 aliphatic rings. The predicted octanol–water partition coefficient (Wildman–Crippen LogP) is 3.24. The Labute approximate surface area is 154 Å². The van der Waals surface area contributed by atoms with Crippen LogP contribution in [0.4, 0.5) is 15.9 Å². The number of anilines is 2. The van der Waals surface area contributed by atoms with Crippen LogP contribution in [0, 0.1) is 5.82 Å². The van der Waals surface area contributed by atoms with Gasteiger partial charge in [-0.15, -0.1) is 0 Å². The van der Waals surface area contributed by atoms with Gasteiger partial charge in [-0.3, -0.25) is 4.55 Å². The number of hydrogen-bond acceptors (Lipinski definition) is 5. The third kappa shape index (κ3) is 3.77. The van der Waals surface area contributed by atoms with Gasteiger partial charge in [0, 0.05) is 6.42 Å². The highest BCUT2D eigenvalue weighted by molar-refractivity contribution is 7.81. The van der Waals surface area contributed by atoms with E-state index in [1.54, 1.807) is 0 Å². The van der Waals surface area contributed by atoms with Crippen LogP contribution in [-0.2, 0) is 17.7 Å². The molecule has 134 valence electrons. The molecule has 0 aliphatic heterocycles. The Morgan fingerprint density at radius 2 is 1.92 bits per heavy atom. The van der Waals surface area contributed by atoms with E-state index < -0.39 is 23.1 Å². The van der Waals surface area contributed by atoms with E-state index in [1.165, 1.54) is 0 Å². The summed E-state index contributed by atoms with van der Waals surface area (Å²) in [5, 5.41) is 9.33. The summed E-state index contributed by atoms with van der Waals surface area (Å²) < 4.78 is 44.3. The van der Waals surface area contributed by atoms with E-state index >= 15 is 0 Å². The van der Waals surface area contributed by atoms with Gasteiger partial charge in [-0.1, -0.05) is 30.3 Å². The fourth-order valence-electron chi connectivity index (χ4n) is 2.38. The van der Waals surface area contributed by atoms with Gasteiger partial charge in [-0.2, -0.15) is 8.75 Å². The maximum Gasteiger partial charge on any atom is 0.337 e. The number of rotatable bonds is 6. The molecule has 1 heterocycles. The van der Waals surface area contributed by atoms with Crippen molar-refractivity contribution in [3.8, 4) is 0 Å². The Kier molecular flexibility index (Phi) is 5.35. The molecule has 2 aromatic carbocycles. The van der Waals surface area contributed by atoms with Gasteiger partial charge in [0.1, 0.15) is 11.5 Å². The van der Waals surface area contributed by atoms with Gasteiger partial charge in [0.25, 0.3) is 11.3 Å². The highest BCUT2D eigenvalue weighted by Crippen LogP contribution is 2.33. The molecule has 26 heavy (non-hydrogen) atoms. The molecule has 0 radical (unpaired) electrons. The van der Waals surface area contributed by atoms with Crippen molar-refractivity contribution in [1.29, 1.82) is 0 Å². The predicted molar refractivity (Wildman–Crippen MR) is 95.4 cm³/mol. The second kappa shape index (κ2) is 7.68. The van der Waals surface area contributed by atoms with E-state index in [1.807, 2.05) is 30.3 Å². The van der Waals surface area contributed by atoms with Gasteiger partial charge in [0.05, 0.1) is 23.0 Å². The Balaban J connectivity index is 2.09. The average Bonchev–Trinajstić information content (AvgIpc) is 3.03. The van der Waals surface area contributed by atoms with Crippen LogP contribution in [0.2, 0.25) is 0 Å². The van der Waals surface area contributed by atoms with Crippen LogP contribution in [0.5, 0.6) is 0 Å². The molecule has 10 heteroatoms. The fourth-order valence-corrected chi connectivity index (χ4v) is 3.60. The third-order valence-corrected chi connectivity index (χ3v) is 4.75. The highest BCUT2D eigenvalue weighted by atomic mass is 32.2. The van der Waals surface area contributed by atoms with Crippen molar-refractivity contribution in [2.75, 3.05) is 4.31 Å². The lowest BCUT2D eigenvalue weighted by molar-refractivity contribution is 0.0698. The summed E-state index contributed by atoms with van der Waals surface area (Å²) in [6.07, 6.45) is 0.318. The number of carbonyl (C=O) groups is 1. The lowest BCUT2D eigenvalue weighted by Gasteiger charge is -2.20. The van der Waals surface area contributed by atoms with Crippen LogP contribution in [0.15, 0.2) is 48.5 Å². The van der Waals surface area contributed by atoms with Crippen LogP contribution in [0.3, 0.4) is 0 Å². The molecular formula is C16H12FN3O4S2. The molecule has 0 spiro atoms. The quantitative estimate of drug-likeness (QED) is 0.623. The molecule has 0 amide bonds. The smallest absolute Gasteiger partial charge is 0.337 e. The normalized spacial score (nSPS) is 11.9. The van der Waals surface area contributed by atoms with E-state index in [0.717, 1.165) is 39.8 Å². The summed E-state index contributed by atoms with van der Waals surface area (Å²) >= 11 is -1.86. The van der Waals surface area contributed by atoms with Crippen LogP contribution in [-0.4, -0.2) is 28.6 Å². The van der Waals surface area contributed by atoms with Gasteiger partial charge >= 0.3 is 5.97 Å². The minimum atomic E-state index is -2.68. The number of aromatic carboxylic acids is 1. The molecule has 7 nitrogen and oxygen atoms in total. The van der Waals surface area contributed by atoms with Crippen LogP contribution < -0.4 is 4.31 Å².